The SMILES string of the molecule is CCOC(=O)c1ccc(NC(C)=O)c(-c2c(C)cc(O)cc2C)c1. The van der Waals surface area contributed by atoms with Crippen LogP contribution in [0.15, 0.2) is 30.3 Å². The van der Waals surface area contributed by atoms with E-state index in [1.54, 1.807) is 37.3 Å². The van der Waals surface area contributed by atoms with Gasteiger partial charge in [0.2, 0.25) is 5.91 Å². The van der Waals surface area contributed by atoms with E-state index in [0.717, 1.165) is 16.7 Å². The van der Waals surface area contributed by atoms with Crippen LogP contribution in [0.1, 0.15) is 35.3 Å². The number of aryl methyl sites for hydroxylation is 2. The van der Waals surface area contributed by atoms with Crippen molar-refractivity contribution in [3.8, 4) is 16.9 Å². The monoisotopic (exact) mass is 327 g/mol. The van der Waals surface area contributed by atoms with Gasteiger partial charge in [-0.1, -0.05) is 0 Å². The maximum atomic E-state index is 12.0. The molecule has 0 spiro atoms. The van der Waals surface area contributed by atoms with Gasteiger partial charge in [0, 0.05) is 18.2 Å². The van der Waals surface area contributed by atoms with Gasteiger partial charge >= 0.3 is 5.97 Å². The molecule has 0 aromatic heterocycles. The molecule has 0 atom stereocenters. The van der Waals surface area contributed by atoms with Crippen LogP contribution in [0.5, 0.6) is 5.75 Å². The molecule has 2 aromatic carbocycles. The van der Waals surface area contributed by atoms with Gasteiger partial charge in [0.15, 0.2) is 0 Å². The molecule has 0 fully saturated rings. The van der Waals surface area contributed by atoms with Crippen molar-refractivity contribution in [2.75, 3.05) is 11.9 Å². The van der Waals surface area contributed by atoms with Crippen LogP contribution in [-0.2, 0) is 9.53 Å². The first-order valence-corrected chi connectivity index (χ1v) is 7.72. The Hall–Kier alpha value is -2.82. The number of esters is 1. The number of aromatic hydroxyl groups is 1. The Morgan fingerprint density at radius 2 is 1.75 bits per heavy atom. The lowest BCUT2D eigenvalue weighted by Crippen LogP contribution is -2.10. The minimum Gasteiger partial charge on any atom is -0.508 e. The number of amides is 1. The van der Waals surface area contributed by atoms with Crippen molar-refractivity contribution in [2.24, 2.45) is 0 Å². The van der Waals surface area contributed by atoms with E-state index in [0.29, 0.717) is 23.4 Å². The number of rotatable bonds is 4. The maximum Gasteiger partial charge on any atom is 0.338 e. The maximum absolute atomic E-state index is 12.0. The molecular formula is C19H21NO4. The Morgan fingerprint density at radius 1 is 1.12 bits per heavy atom. The van der Waals surface area contributed by atoms with Gasteiger partial charge in [0.1, 0.15) is 5.75 Å². The second kappa shape index (κ2) is 7.17. The molecule has 0 heterocycles. The summed E-state index contributed by atoms with van der Waals surface area (Å²) < 4.78 is 5.05. The van der Waals surface area contributed by atoms with Crippen LogP contribution in [-0.4, -0.2) is 23.6 Å². The van der Waals surface area contributed by atoms with Crippen molar-refractivity contribution in [2.45, 2.75) is 27.7 Å². The molecule has 2 N–H and O–H groups in total. The van der Waals surface area contributed by atoms with Gasteiger partial charge < -0.3 is 15.2 Å². The normalized spacial score (nSPS) is 10.3. The highest BCUT2D eigenvalue weighted by molar-refractivity contribution is 5.98. The zero-order valence-electron chi connectivity index (χ0n) is 14.3. The first-order valence-electron chi connectivity index (χ1n) is 7.72. The summed E-state index contributed by atoms with van der Waals surface area (Å²) in [6, 6.07) is 8.32. The summed E-state index contributed by atoms with van der Waals surface area (Å²) in [6.07, 6.45) is 0. The fourth-order valence-electron chi connectivity index (χ4n) is 2.76. The zero-order chi connectivity index (χ0) is 17.9. The highest BCUT2D eigenvalue weighted by Gasteiger charge is 2.16. The van der Waals surface area contributed by atoms with Crippen molar-refractivity contribution in [3.63, 3.8) is 0 Å². The molecule has 0 aliphatic carbocycles. The number of anilines is 1. The van der Waals surface area contributed by atoms with Crippen molar-refractivity contribution < 1.29 is 19.4 Å². The highest BCUT2D eigenvalue weighted by Crippen LogP contribution is 2.36. The molecular weight excluding hydrogens is 306 g/mol. The topological polar surface area (TPSA) is 75.6 Å². The Labute approximate surface area is 141 Å². The predicted octanol–water partition coefficient (Wildman–Crippen LogP) is 3.81. The van der Waals surface area contributed by atoms with E-state index in [1.165, 1.54) is 6.92 Å². The lowest BCUT2D eigenvalue weighted by molar-refractivity contribution is -0.114. The molecule has 0 bridgehead atoms. The number of carbonyl (C=O) groups excluding carboxylic acids is 2. The highest BCUT2D eigenvalue weighted by atomic mass is 16.5. The molecule has 5 heteroatoms. The minimum atomic E-state index is -0.415. The molecule has 0 aliphatic heterocycles. The minimum absolute atomic E-state index is 0.177. The van der Waals surface area contributed by atoms with Crippen LogP contribution in [0.4, 0.5) is 5.69 Å². The molecule has 24 heavy (non-hydrogen) atoms. The second-order valence-electron chi connectivity index (χ2n) is 5.62. The molecule has 0 saturated heterocycles. The van der Waals surface area contributed by atoms with E-state index < -0.39 is 5.97 Å². The van der Waals surface area contributed by atoms with Crippen LogP contribution >= 0.6 is 0 Å². The number of nitrogens with one attached hydrogen (secondary N) is 1. The first kappa shape index (κ1) is 17.5. The summed E-state index contributed by atoms with van der Waals surface area (Å²) in [5, 5.41) is 12.5. The number of benzene rings is 2. The molecule has 0 saturated carbocycles. The molecule has 5 nitrogen and oxygen atoms in total. The third kappa shape index (κ3) is 3.74. The fourth-order valence-corrected chi connectivity index (χ4v) is 2.76. The van der Waals surface area contributed by atoms with Crippen LogP contribution < -0.4 is 5.32 Å². The van der Waals surface area contributed by atoms with Crippen LogP contribution in [0.3, 0.4) is 0 Å². The molecule has 0 radical (unpaired) electrons. The van der Waals surface area contributed by atoms with Crippen LogP contribution in [0.2, 0.25) is 0 Å². The van der Waals surface area contributed by atoms with Crippen molar-refractivity contribution >= 4 is 17.6 Å². The largest absolute Gasteiger partial charge is 0.508 e. The fraction of sp³-hybridized carbons (Fsp3) is 0.263. The van der Waals surface area contributed by atoms with E-state index >= 15 is 0 Å². The van der Waals surface area contributed by atoms with Crippen LogP contribution in [0, 0.1) is 13.8 Å². The van der Waals surface area contributed by atoms with Gasteiger partial charge in [-0.3, -0.25) is 4.79 Å². The zero-order valence-corrected chi connectivity index (χ0v) is 14.3. The van der Waals surface area contributed by atoms with E-state index in [4.69, 9.17) is 4.74 Å². The molecule has 0 unspecified atom stereocenters. The van der Waals surface area contributed by atoms with Gasteiger partial charge in [-0.05, 0) is 67.8 Å². The average molecular weight is 327 g/mol. The summed E-state index contributed by atoms with van der Waals surface area (Å²) in [5.74, 6) is -0.437. The standard InChI is InChI=1S/C19H21NO4/c1-5-24-19(23)14-6-7-17(20-13(4)21)16(10-14)18-11(2)8-15(22)9-12(18)3/h6-10,22H,5H2,1-4H3,(H,20,21). The van der Waals surface area contributed by atoms with Gasteiger partial charge in [-0.15, -0.1) is 0 Å². The molecule has 1 amide bonds. The molecule has 2 aromatic rings. The quantitative estimate of drug-likeness (QED) is 0.837. The number of hydrogen-bond donors (Lipinski definition) is 2. The molecule has 0 aliphatic rings. The van der Waals surface area contributed by atoms with Gasteiger partial charge in [0.25, 0.3) is 0 Å². The van der Waals surface area contributed by atoms with Crippen molar-refractivity contribution in [1.29, 1.82) is 0 Å². The predicted molar refractivity (Wildman–Crippen MR) is 93.3 cm³/mol. The Morgan fingerprint density at radius 3 is 2.29 bits per heavy atom. The van der Waals surface area contributed by atoms with E-state index in [1.807, 2.05) is 13.8 Å². The Kier molecular flexibility index (Phi) is 5.24. The summed E-state index contributed by atoms with van der Waals surface area (Å²) in [5.41, 5.74) is 4.29. The van der Waals surface area contributed by atoms with E-state index in [-0.39, 0.29) is 11.7 Å². The lowest BCUT2D eigenvalue weighted by atomic mass is 9.92. The van der Waals surface area contributed by atoms with Gasteiger partial charge in [-0.2, -0.15) is 0 Å². The third-order valence-electron chi connectivity index (χ3n) is 3.63. The summed E-state index contributed by atoms with van der Waals surface area (Å²) in [6.45, 7) is 7.21. The van der Waals surface area contributed by atoms with Gasteiger partial charge in [0.05, 0.1) is 12.2 Å². The third-order valence-corrected chi connectivity index (χ3v) is 3.63. The van der Waals surface area contributed by atoms with Crippen molar-refractivity contribution in [1.82, 2.24) is 0 Å². The second-order valence-corrected chi connectivity index (χ2v) is 5.62. The number of hydrogen-bond acceptors (Lipinski definition) is 4. The summed E-state index contributed by atoms with van der Waals surface area (Å²) in [4.78, 5) is 23.5. The van der Waals surface area contributed by atoms with E-state index in [9.17, 15) is 14.7 Å². The van der Waals surface area contributed by atoms with Crippen LogP contribution in [0.25, 0.3) is 11.1 Å². The first-order chi connectivity index (χ1) is 11.3. The molecule has 126 valence electrons. The summed E-state index contributed by atoms with van der Waals surface area (Å²) in [7, 11) is 0. The number of phenolic OH excluding ortho intramolecular Hbond substituents is 1. The summed E-state index contributed by atoms with van der Waals surface area (Å²) >= 11 is 0. The number of phenols is 1. The van der Waals surface area contributed by atoms with Crippen molar-refractivity contribution in [3.05, 3.63) is 47.0 Å². The Bertz CT molecular complexity index is 773. The smallest absolute Gasteiger partial charge is 0.338 e. The Balaban J connectivity index is 2.66. The van der Waals surface area contributed by atoms with Gasteiger partial charge in [-0.25, -0.2) is 4.79 Å². The number of ether oxygens (including phenoxy) is 1. The average Bonchev–Trinajstić information content (AvgIpc) is 2.47. The lowest BCUT2D eigenvalue weighted by Gasteiger charge is -2.16. The molecule has 2 rings (SSSR count). The van der Waals surface area contributed by atoms with E-state index in [2.05, 4.69) is 5.32 Å². The number of carbonyl (C=O) groups is 2.